The summed E-state index contributed by atoms with van der Waals surface area (Å²) in [6.45, 7) is -0.443. The minimum atomic E-state index is -5.08. The Morgan fingerprint density at radius 3 is 2.05 bits per heavy atom. The van der Waals surface area contributed by atoms with Crippen molar-refractivity contribution in [1.82, 2.24) is 5.32 Å². The van der Waals surface area contributed by atoms with Crippen LogP contribution in [0, 0.1) is 0 Å². The molecule has 7 N–H and O–H groups in total. The molecule has 19 heavy (non-hydrogen) atoms. The lowest BCUT2D eigenvalue weighted by molar-refractivity contribution is 0.327. The Bertz CT molecular complexity index is 528. The lowest BCUT2D eigenvalue weighted by Crippen LogP contribution is -2.28. The highest BCUT2D eigenvalue weighted by atomic mass is 31.2. The van der Waals surface area contributed by atoms with E-state index in [1.807, 2.05) is 5.32 Å². The lowest BCUT2D eigenvalue weighted by Gasteiger charge is -2.21. The average molecular weight is 313 g/mol. The van der Waals surface area contributed by atoms with Gasteiger partial charge in [0.1, 0.15) is 0 Å². The molecular weight excluding hydrogens is 300 g/mol. The third-order valence-corrected chi connectivity index (χ3v) is 5.66. The minimum Gasteiger partial charge on any atom is -0.504 e. The molecule has 1 aromatic carbocycles. The van der Waals surface area contributed by atoms with Gasteiger partial charge in [-0.3, -0.25) is 14.4 Å². The van der Waals surface area contributed by atoms with Crippen LogP contribution in [0.25, 0.3) is 0 Å². The molecule has 0 bridgehead atoms. The molecule has 0 amide bonds. The fourth-order valence-electron chi connectivity index (χ4n) is 1.36. The summed E-state index contributed by atoms with van der Waals surface area (Å²) in [5, 5.41) is 20.6. The van der Waals surface area contributed by atoms with E-state index in [2.05, 4.69) is 0 Å². The van der Waals surface area contributed by atoms with E-state index in [0.29, 0.717) is 0 Å². The van der Waals surface area contributed by atoms with Crippen molar-refractivity contribution in [2.45, 2.75) is 12.1 Å². The molecule has 0 aliphatic carbocycles. The van der Waals surface area contributed by atoms with Gasteiger partial charge in [-0.05, 0) is 6.07 Å². The van der Waals surface area contributed by atoms with Crippen LogP contribution in [0.2, 0.25) is 0 Å². The molecular formula is C8H13NO8P2. The highest BCUT2D eigenvalue weighted by Gasteiger charge is 2.43. The number of phenols is 2. The van der Waals surface area contributed by atoms with Crippen molar-refractivity contribution in [2.75, 3.05) is 0 Å². The summed E-state index contributed by atoms with van der Waals surface area (Å²) in [5.41, 5.74) is -2.34. The van der Waals surface area contributed by atoms with E-state index in [4.69, 9.17) is 19.6 Å². The predicted octanol–water partition coefficient (Wildman–Crippen LogP) is -0.174. The largest absolute Gasteiger partial charge is 0.504 e. The molecule has 0 atom stereocenters. The van der Waals surface area contributed by atoms with E-state index in [1.165, 1.54) is 18.2 Å². The van der Waals surface area contributed by atoms with Crippen molar-refractivity contribution in [1.29, 1.82) is 0 Å². The molecule has 0 fully saturated rings. The Hall–Kier alpha value is -0.920. The topological polar surface area (TPSA) is 168 Å². The molecule has 0 unspecified atom stereocenters. The Labute approximate surface area is 107 Å². The number of nitrogens with one attached hydrogen (secondary N) is 1. The van der Waals surface area contributed by atoms with E-state index < -0.39 is 38.8 Å². The molecule has 9 nitrogen and oxygen atoms in total. The van der Waals surface area contributed by atoms with E-state index in [0.717, 1.165) is 0 Å². The zero-order chi connectivity index (χ0) is 14.8. The van der Waals surface area contributed by atoms with Crippen LogP contribution in [-0.2, 0) is 15.7 Å². The van der Waals surface area contributed by atoms with Gasteiger partial charge >= 0.3 is 15.2 Å². The first-order chi connectivity index (χ1) is 8.53. The highest BCUT2D eigenvalue weighted by molar-refractivity contribution is 7.70. The normalized spacial score (nSPS) is 12.9. The van der Waals surface area contributed by atoms with Gasteiger partial charge < -0.3 is 29.8 Å². The zero-order valence-electron chi connectivity index (χ0n) is 9.41. The summed E-state index contributed by atoms with van der Waals surface area (Å²) in [7, 11) is -10.2. The van der Waals surface area contributed by atoms with E-state index in [1.54, 1.807) is 0 Å². The Morgan fingerprint density at radius 1 is 1.05 bits per heavy atom. The van der Waals surface area contributed by atoms with Crippen LogP contribution in [-0.4, -0.2) is 35.3 Å². The maximum Gasteiger partial charge on any atom is 0.354 e. The van der Waals surface area contributed by atoms with Gasteiger partial charge in [0.15, 0.2) is 11.5 Å². The van der Waals surface area contributed by atoms with Gasteiger partial charge in [-0.15, -0.1) is 0 Å². The molecule has 1 rings (SSSR count). The Kier molecular flexibility index (Phi) is 4.76. The van der Waals surface area contributed by atoms with Crippen LogP contribution in [0.4, 0.5) is 0 Å². The highest BCUT2D eigenvalue weighted by Crippen LogP contribution is 2.58. The second-order valence-electron chi connectivity index (χ2n) is 3.72. The predicted molar refractivity (Wildman–Crippen MR) is 64.5 cm³/mol. The molecule has 11 heteroatoms. The molecule has 0 radical (unpaired) electrons. The number of rotatable bonds is 5. The van der Waals surface area contributed by atoms with Gasteiger partial charge in [0, 0.05) is 12.1 Å². The van der Waals surface area contributed by atoms with E-state index in [9.17, 15) is 19.3 Å². The van der Waals surface area contributed by atoms with Crippen LogP contribution in [0.1, 0.15) is 5.56 Å². The van der Waals surface area contributed by atoms with Crippen molar-refractivity contribution in [3.8, 4) is 11.5 Å². The van der Waals surface area contributed by atoms with Crippen molar-refractivity contribution in [3.63, 3.8) is 0 Å². The van der Waals surface area contributed by atoms with Crippen molar-refractivity contribution < 1.29 is 38.9 Å². The smallest absolute Gasteiger partial charge is 0.354 e. The maximum atomic E-state index is 11.0. The quantitative estimate of drug-likeness (QED) is 0.288. The first-order valence-corrected chi connectivity index (χ1v) is 8.23. The Balaban J connectivity index is 2.93. The van der Waals surface area contributed by atoms with Gasteiger partial charge in [-0.25, -0.2) is 0 Å². The minimum absolute atomic E-state index is 0.0342. The number of aromatic hydroxyl groups is 2. The summed E-state index contributed by atoms with van der Waals surface area (Å²) in [5.74, 6) is -0.992. The molecule has 0 aliphatic heterocycles. The average Bonchev–Trinajstić information content (AvgIpc) is 2.20. The van der Waals surface area contributed by atoms with Crippen molar-refractivity contribution in [2.24, 2.45) is 0 Å². The molecule has 0 saturated heterocycles. The number of hydrogen-bond donors (Lipinski definition) is 7. The fraction of sp³-hybridized carbons (Fsp3) is 0.250. The molecule has 0 aromatic heterocycles. The molecule has 108 valence electrons. The molecule has 0 heterocycles. The third-order valence-electron chi connectivity index (χ3n) is 2.21. The molecule has 1 aromatic rings. The summed E-state index contributed by atoms with van der Waals surface area (Å²) >= 11 is 0. The lowest BCUT2D eigenvalue weighted by atomic mass is 10.2. The zero-order valence-corrected chi connectivity index (χ0v) is 11.2. The van der Waals surface area contributed by atoms with Gasteiger partial charge in [-0.2, -0.15) is 0 Å². The van der Waals surface area contributed by atoms with Gasteiger partial charge in [-0.1, -0.05) is 12.1 Å². The summed E-state index contributed by atoms with van der Waals surface area (Å²) in [4.78, 5) is 35.4. The first-order valence-electron chi connectivity index (χ1n) is 4.87. The number of phenolic OH excluding ortho intramolecular Hbond substituents is 2. The molecule has 0 spiro atoms. The van der Waals surface area contributed by atoms with Crippen LogP contribution >= 0.6 is 15.2 Å². The monoisotopic (exact) mass is 313 g/mol. The van der Waals surface area contributed by atoms with Gasteiger partial charge in [0.25, 0.3) is 0 Å². The summed E-state index contributed by atoms with van der Waals surface area (Å²) < 4.78 is 22.0. The third kappa shape index (κ3) is 4.29. The Morgan fingerprint density at radius 2 is 1.58 bits per heavy atom. The standard InChI is InChI=1S/C8H13NO8P2/c10-6-3-1-2-5(7(6)11)4-9-8(18(12,13)14)19(15,16)17/h1-3,8-11H,4H2,(H2,12,13,14)(H2,15,16,17). The van der Waals surface area contributed by atoms with E-state index in [-0.39, 0.29) is 5.56 Å². The SMILES string of the molecule is O=P(O)(O)C(NCc1cccc(O)c1O)P(=O)(O)O. The van der Waals surface area contributed by atoms with Gasteiger partial charge in [0.05, 0.1) is 0 Å². The fourth-order valence-corrected chi connectivity index (χ4v) is 3.58. The maximum absolute atomic E-state index is 11.0. The first kappa shape index (κ1) is 16.1. The van der Waals surface area contributed by atoms with Crippen LogP contribution < -0.4 is 5.32 Å². The van der Waals surface area contributed by atoms with Crippen LogP contribution in [0.15, 0.2) is 18.2 Å². The second-order valence-corrected chi connectivity index (χ2v) is 7.51. The van der Waals surface area contributed by atoms with Crippen LogP contribution in [0.5, 0.6) is 11.5 Å². The second kappa shape index (κ2) is 5.60. The van der Waals surface area contributed by atoms with E-state index >= 15 is 0 Å². The number of hydrogen-bond acceptors (Lipinski definition) is 5. The molecule has 0 aliphatic rings. The number of para-hydroxylation sites is 1. The van der Waals surface area contributed by atoms with Crippen LogP contribution in [0.3, 0.4) is 0 Å². The van der Waals surface area contributed by atoms with Crippen molar-refractivity contribution >= 4 is 15.2 Å². The number of benzene rings is 1. The summed E-state index contributed by atoms with van der Waals surface area (Å²) in [6, 6.07) is 3.86. The summed E-state index contributed by atoms with van der Waals surface area (Å²) in [6.07, 6.45) is 0. The van der Waals surface area contributed by atoms with Gasteiger partial charge in [0.2, 0.25) is 5.52 Å². The van der Waals surface area contributed by atoms with Crippen molar-refractivity contribution in [3.05, 3.63) is 23.8 Å². The molecule has 0 saturated carbocycles.